The fourth-order valence-corrected chi connectivity index (χ4v) is 5.19. The molecule has 0 spiro atoms. The predicted octanol–water partition coefficient (Wildman–Crippen LogP) is 3.24. The molecule has 32 heavy (non-hydrogen) atoms. The van der Waals surface area contributed by atoms with Crippen LogP contribution in [0.15, 0.2) is 42.5 Å². The van der Waals surface area contributed by atoms with Gasteiger partial charge in [-0.15, -0.1) is 0 Å². The highest BCUT2D eigenvalue weighted by Crippen LogP contribution is 2.42. The van der Waals surface area contributed by atoms with Gasteiger partial charge < -0.3 is 19.3 Å². The number of likely N-dealkylation sites (tertiary alicyclic amines) is 1. The van der Waals surface area contributed by atoms with Gasteiger partial charge in [-0.3, -0.25) is 9.59 Å². The molecular formula is C26H30N2O4. The van der Waals surface area contributed by atoms with E-state index in [1.54, 1.807) is 14.2 Å². The number of nitrogens with zero attached hydrogens (tertiary/aromatic N) is 2. The van der Waals surface area contributed by atoms with Crippen molar-refractivity contribution in [1.29, 1.82) is 0 Å². The van der Waals surface area contributed by atoms with Gasteiger partial charge in [-0.25, -0.2) is 0 Å². The molecule has 6 nitrogen and oxygen atoms in total. The Labute approximate surface area is 189 Å². The molecule has 2 aromatic carbocycles. The lowest BCUT2D eigenvalue weighted by Crippen LogP contribution is -2.42. The number of rotatable bonds is 5. The Hall–Kier alpha value is -3.02. The van der Waals surface area contributed by atoms with Crippen molar-refractivity contribution < 1.29 is 19.1 Å². The standard InChI is InChI=1S/C26H30N2O4/c1-31-20-9-10-24(32-2)21(13-20)22-15-28(25(29)18-7-8-18)16-23(22)26(30)27-12-11-17-5-3-4-6-19(17)14-27/h3-6,9-10,13,18,22-23H,7-8,11-12,14-16H2,1-2H3/t22-,23+/m1/s1. The molecule has 2 aliphatic heterocycles. The minimum Gasteiger partial charge on any atom is -0.497 e. The van der Waals surface area contributed by atoms with Crippen molar-refractivity contribution in [2.24, 2.45) is 11.8 Å². The van der Waals surface area contributed by atoms with Crippen molar-refractivity contribution >= 4 is 11.8 Å². The molecule has 1 aliphatic carbocycles. The molecule has 6 heteroatoms. The van der Waals surface area contributed by atoms with Gasteiger partial charge in [0.1, 0.15) is 11.5 Å². The number of hydrogen-bond donors (Lipinski definition) is 0. The van der Waals surface area contributed by atoms with Gasteiger partial charge in [-0.2, -0.15) is 0 Å². The van der Waals surface area contributed by atoms with E-state index in [4.69, 9.17) is 9.47 Å². The fourth-order valence-electron chi connectivity index (χ4n) is 5.19. The van der Waals surface area contributed by atoms with E-state index in [1.165, 1.54) is 11.1 Å². The van der Waals surface area contributed by atoms with Gasteiger partial charge in [-0.1, -0.05) is 24.3 Å². The molecule has 0 radical (unpaired) electrons. The molecule has 2 fully saturated rings. The maximum Gasteiger partial charge on any atom is 0.228 e. The summed E-state index contributed by atoms with van der Waals surface area (Å²) in [6, 6.07) is 14.0. The highest BCUT2D eigenvalue weighted by atomic mass is 16.5. The van der Waals surface area contributed by atoms with Crippen molar-refractivity contribution in [3.63, 3.8) is 0 Å². The average molecular weight is 435 g/mol. The van der Waals surface area contributed by atoms with Crippen LogP contribution in [-0.4, -0.2) is 55.5 Å². The first-order valence-corrected chi connectivity index (χ1v) is 11.4. The molecule has 5 rings (SSSR count). The lowest BCUT2D eigenvalue weighted by Gasteiger charge is -2.32. The third-order valence-corrected chi connectivity index (χ3v) is 7.15. The molecular weight excluding hydrogens is 404 g/mol. The van der Waals surface area contributed by atoms with E-state index in [2.05, 4.69) is 18.2 Å². The molecule has 1 saturated carbocycles. The summed E-state index contributed by atoms with van der Waals surface area (Å²) in [6.45, 7) is 2.35. The summed E-state index contributed by atoms with van der Waals surface area (Å²) >= 11 is 0. The minimum atomic E-state index is -0.288. The zero-order chi connectivity index (χ0) is 22.2. The first-order valence-electron chi connectivity index (χ1n) is 11.4. The number of ether oxygens (including phenoxy) is 2. The summed E-state index contributed by atoms with van der Waals surface area (Å²) in [5, 5.41) is 0. The number of methoxy groups -OCH3 is 2. The van der Waals surface area contributed by atoms with Crippen molar-refractivity contribution in [2.45, 2.75) is 31.7 Å². The Morgan fingerprint density at radius 2 is 1.69 bits per heavy atom. The van der Waals surface area contributed by atoms with E-state index in [0.717, 1.165) is 36.3 Å². The Balaban J connectivity index is 1.45. The number of hydrogen-bond acceptors (Lipinski definition) is 4. The summed E-state index contributed by atoms with van der Waals surface area (Å²) in [4.78, 5) is 30.6. The highest BCUT2D eigenvalue weighted by molar-refractivity contribution is 5.85. The van der Waals surface area contributed by atoms with E-state index >= 15 is 0 Å². The van der Waals surface area contributed by atoms with Crippen LogP contribution in [0.1, 0.15) is 35.4 Å². The largest absolute Gasteiger partial charge is 0.497 e. The van der Waals surface area contributed by atoms with Crippen molar-refractivity contribution in [1.82, 2.24) is 9.80 Å². The molecule has 2 aromatic rings. The third-order valence-electron chi connectivity index (χ3n) is 7.15. The van der Waals surface area contributed by atoms with Crippen LogP contribution in [0, 0.1) is 11.8 Å². The van der Waals surface area contributed by atoms with Gasteiger partial charge in [0.25, 0.3) is 0 Å². The Bertz CT molecular complexity index is 1030. The fraction of sp³-hybridized carbons (Fsp3) is 0.462. The summed E-state index contributed by atoms with van der Waals surface area (Å²) in [5.41, 5.74) is 3.47. The van der Waals surface area contributed by atoms with Gasteiger partial charge >= 0.3 is 0 Å². The monoisotopic (exact) mass is 434 g/mol. The number of amides is 2. The summed E-state index contributed by atoms with van der Waals surface area (Å²) < 4.78 is 11.1. The van der Waals surface area contributed by atoms with Crippen LogP contribution < -0.4 is 9.47 Å². The number of fused-ring (bicyclic) bond motifs is 1. The Morgan fingerprint density at radius 1 is 0.906 bits per heavy atom. The van der Waals surface area contributed by atoms with E-state index in [1.807, 2.05) is 34.1 Å². The van der Waals surface area contributed by atoms with E-state index in [0.29, 0.717) is 26.2 Å². The molecule has 1 saturated heterocycles. The maximum atomic E-state index is 13.8. The molecule has 2 amide bonds. The summed E-state index contributed by atoms with van der Waals surface area (Å²) in [7, 11) is 3.28. The minimum absolute atomic E-state index is 0.118. The maximum absolute atomic E-state index is 13.8. The second-order valence-corrected chi connectivity index (χ2v) is 9.12. The van der Waals surface area contributed by atoms with Crippen LogP contribution >= 0.6 is 0 Å². The van der Waals surface area contributed by atoms with Gasteiger partial charge in [0.2, 0.25) is 11.8 Å². The second-order valence-electron chi connectivity index (χ2n) is 9.12. The number of carbonyl (C=O) groups excluding carboxylic acids is 2. The molecule has 3 aliphatic rings. The second kappa shape index (κ2) is 8.49. The molecule has 0 N–H and O–H groups in total. The SMILES string of the molecule is COc1ccc(OC)c([C@H]2CN(C(=O)C3CC3)C[C@@H]2C(=O)N2CCc3ccccc3C2)c1. The third kappa shape index (κ3) is 3.83. The molecule has 0 aromatic heterocycles. The van der Waals surface area contributed by atoms with Crippen molar-refractivity contribution in [3.8, 4) is 11.5 Å². The van der Waals surface area contributed by atoms with Gasteiger partial charge in [-0.05, 0) is 48.6 Å². The van der Waals surface area contributed by atoms with E-state index < -0.39 is 0 Å². The van der Waals surface area contributed by atoms with Gasteiger partial charge in [0, 0.05) is 43.6 Å². The van der Waals surface area contributed by atoms with Crippen molar-refractivity contribution in [2.75, 3.05) is 33.9 Å². The van der Waals surface area contributed by atoms with E-state index in [9.17, 15) is 9.59 Å². The van der Waals surface area contributed by atoms with Crippen LogP contribution in [0.2, 0.25) is 0 Å². The Morgan fingerprint density at radius 3 is 2.41 bits per heavy atom. The Kier molecular flexibility index (Phi) is 5.53. The average Bonchev–Trinajstić information content (AvgIpc) is 3.60. The smallest absolute Gasteiger partial charge is 0.228 e. The van der Waals surface area contributed by atoms with E-state index in [-0.39, 0.29) is 29.6 Å². The van der Waals surface area contributed by atoms with Crippen LogP contribution in [0.3, 0.4) is 0 Å². The highest BCUT2D eigenvalue weighted by Gasteiger charge is 2.46. The molecule has 0 unspecified atom stereocenters. The molecule has 2 atom stereocenters. The zero-order valence-electron chi connectivity index (χ0n) is 18.8. The lowest BCUT2D eigenvalue weighted by atomic mass is 9.86. The summed E-state index contributed by atoms with van der Waals surface area (Å²) in [5.74, 6) is 1.51. The van der Waals surface area contributed by atoms with Gasteiger partial charge in [0.05, 0.1) is 20.1 Å². The quantitative estimate of drug-likeness (QED) is 0.725. The number of benzene rings is 2. The van der Waals surface area contributed by atoms with Crippen LogP contribution in [0.4, 0.5) is 0 Å². The normalized spacial score (nSPS) is 22.4. The lowest BCUT2D eigenvalue weighted by molar-refractivity contribution is -0.137. The first-order chi connectivity index (χ1) is 15.6. The topological polar surface area (TPSA) is 59.1 Å². The molecule has 168 valence electrons. The first kappa shape index (κ1) is 20.9. The van der Waals surface area contributed by atoms with Crippen LogP contribution in [0.25, 0.3) is 0 Å². The zero-order valence-corrected chi connectivity index (χ0v) is 18.8. The predicted molar refractivity (Wildman–Crippen MR) is 121 cm³/mol. The summed E-state index contributed by atoms with van der Waals surface area (Å²) in [6.07, 6.45) is 2.79. The number of carbonyl (C=O) groups is 2. The molecule has 0 bridgehead atoms. The molecule has 2 heterocycles. The van der Waals surface area contributed by atoms with Crippen LogP contribution in [0.5, 0.6) is 11.5 Å². The van der Waals surface area contributed by atoms with Crippen molar-refractivity contribution in [3.05, 3.63) is 59.2 Å². The van der Waals surface area contributed by atoms with Crippen LogP contribution in [-0.2, 0) is 22.6 Å². The van der Waals surface area contributed by atoms with Gasteiger partial charge in [0.15, 0.2) is 0 Å².